The normalized spacial score (nSPS) is 14.7. The SMILES string of the molecule is Cc1ccccc1NC(=O)/C(C#N)=C\N1CCN(c2ncccn2)CC1. The molecule has 1 N–H and O–H groups in total. The Morgan fingerprint density at radius 2 is 1.85 bits per heavy atom. The Morgan fingerprint density at radius 3 is 2.50 bits per heavy atom. The van der Waals surface area contributed by atoms with Crippen LogP contribution in [-0.2, 0) is 4.79 Å². The number of carbonyl (C=O) groups excluding carboxylic acids is 1. The van der Waals surface area contributed by atoms with Crippen LogP contribution in [0.25, 0.3) is 0 Å². The van der Waals surface area contributed by atoms with E-state index < -0.39 is 5.91 Å². The molecule has 0 spiro atoms. The monoisotopic (exact) mass is 348 g/mol. The van der Waals surface area contributed by atoms with Gasteiger partial charge in [-0.3, -0.25) is 4.79 Å². The van der Waals surface area contributed by atoms with Crippen molar-refractivity contribution >= 4 is 17.5 Å². The number of benzene rings is 1. The number of nitrogens with zero attached hydrogens (tertiary/aromatic N) is 5. The molecule has 0 atom stereocenters. The summed E-state index contributed by atoms with van der Waals surface area (Å²) >= 11 is 0. The zero-order valence-corrected chi connectivity index (χ0v) is 14.6. The summed E-state index contributed by atoms with van der Waals surface area (Å²) in [5.74, 6) is 0.310. The van der Waals surface area contributed by atoms with Crippen molar-refractivity contribution in [2.24, 2.45) is 0 Å². The van der Waals surface area contributed by atoms with Crippen molar-refractivity contribution < 1.29 is 4.79 Å². The lowest BCUT2D eigenvalue weighted by atomic mass is 10.2. The van der Waals surface area contributed by atoms with Crippen molar-refractivity contribution in [2.75, 3.05) is 36.4 Å². The minimum atomic E-state index is -0.393. The highest BCUT2D eigenvalue weighted by Crippen LogP contribution is 2.15. The smallest absolute Gasteiger partial charge is 0.267 e. The standard InChI is InChI=1S/C19H20N6O/c1-15-5-2-3-6-17(15)23-18(26)16(13-20)14-24-9-11-25(12-10-24)19-21-7-4-8-22-19/h2-8,14H,9-12H2,1H3,(H,23,26)/b16-14-. The number of para-hydroxylation sites is 1. The summed E-state index contributed by atoms with van der Waals surface area (Å²) in [6, 6.07) is 11.3. The molecule has 7 nitrogen and oxygen atoms in total. The average Bonchev–Trinajstić information content (AvgIpc) is 2.69. The van der Waals surface area contributed by atoms with Gasteiger partial charge in [0.2, 0.25) is 5.95 Å². The molecule has 1 aromatic heterocycles. The average molecular weight is 348 g/mol. The number of aromatic nitrogens is 2. The van der Waals surface area contributed by atoms with Gasteiger partial charge >= 0.3 is 0 Å². The van der Waals surface area contributed by atoms with E-state index in [0.29, 0.717) is 24.7 Å². The van der Waals surface area contributed by atoms with E-state index in [0.717, 1.165) is 18.7 Å². The summed E-state index contributed by atoms with van der Waals surface area (Å²) in [5.41, 5.74) is 1.76. The predicted octanol–water partition coefficient (Wildman–Crippen LogP) is 1.95. The summed E-state index contributed by atoms with van der Waals surface area (Å²) in [7, 11) is 0. The highest BCUT2D eigenvalue weighted by Gasteiger charge is 2.19. The molecule has 0 saturated carbocycles. The third kappa shape index (κ3) is 4.16. The van der Waals surface area contributed by atoms with E-state index in [-0.39, 0.29) is 5.57 Å². The molecule has 0 bridgehead atoms. The Morgan fingerprint density at radius 1 is 1.15 bits per heavy atom. The Labute approximate surface area is 152 Å². The number of hydrogen-bond acceptors (Lipinski definition) is 6. The van der Waals surface area contributed by atoms with E-state index in [9.17, 15) is 10.1 Å². The lowest BCUT2D eigenvalue weighted by Gasteiger charge is -2.34. The molecule has 7 heteroatoms. The molecule has 26 heavy (non-hydrogen) atoms. The molecular weight excluding hydrogens is 328 g/mol. The van der Waals surface area contributed by atoms with Crippen LogP contribution < -0.4 is 10.2 Å². The topological polar surface area (TPSA) is 85.2 Å². The van der Waals surface area contributed by atoms with Crippen LogP contribution in [0.3, 0.4) is 0 Å². The van der Waals surface area contributed by atoms with Gasteiger partial charge in [-0.1, -0.05) is 18.2 Å². The third-order valence-corrected chi connectivity index (χ3v) is 4.22. The van der Waals surface area contributed by atoms with Crippen molar-refractivity contribution in [2.45, 2.75) is 6.92 Å². The van der Waals surface area contributed by atoms with E-state index in [1.54, 1.807) is 24.7 Å². The maximum atomic E-state index is 12.4. The van der Waals surface area contributed by atoms with Crippen LogP contribution in [0.4, 0.5) is 11.6 Å². The quantitative estimate of drug-likeness (QED) is 0.671. The van der Waals surface area contributed by atoms with E-state index in [2.05, 4.69) is 20.2 Å². The fourth-order valence-electron chi connectivity index (χ4n) is 2.73. The Hall–Kier alpha value is -3.40. The fourth-order valence-corrected chi connectivity index (χ4v) is 2.73. The van der Waals surface area contributed by atoms with Crippen molar-refractivity contribution in [3.05, 3.63) is 60.1 Å². The number of piperazine rings is 1. The van der Waals surface area contributed by atoms with Crippen LogP contribution in [0.5, 0.6) is 0 Å². The van der Waals surface area contributed by atoms with Gasteiger partial charge in [-0.15, -0.1) is 0 Å². The third-order valence-electron chi connectivity index (χ3n) is 4.22. The molecule has 3 rings (SSSR count). The molecule has 0 aliphatic carbocycles. The molecule has 132 valence electrons. The van der Waals surface area contributed by atoms with Crippen LogP contribution in [0, 0.1) is 18.3 Å². The van der Waals surface area contributed by atoms with Gasteiger partial charge in [0.25, 0.3) is 5.91 Å². The Kier molecular flexibility index (Phi) is 5.44. The molecule has 0 unspecified atom stereocenters. The van der Waals surface area contributed by atoms with Crippen molar-refractivity contribution in [3.63, 3.8) is 0 Å². The van der Waals surface area contributed by atoms with Crippen molar-refractivity contribution in [3.8, 4) is 6.07 Å². The molecule has 1 aliphatic rings. The van der Waals surface area contributed by atoms with E-state index in [1.165, 1.54) is 0 Å². The lowest BCUT2D eigenvalue weighted by Crippen LogP contribution is -2.45. The van der Waals surface area contributed by atoms with Gasteiger partial charge in [0.05, 0.1) is 0 Å². The van der Waals surface area contributed by atoms with Crippen molar-refractivity contribution in [1.82, 2.24) is 14.9 Å². The first-order valence-electron chi connectivity index (χ1n) is 8.42. The van der Waals surface area contributed by atoms with Crippen LogP contribution >= 0.6 is 0 Å². The van der Waals surface area contributed by atoms with E-state index in [4.69, 9.17) is 0 Å². The second kappa shape index (κ2) is 8.12. The molecule has 1 aliphatic heterocycles. The molecule has 2 heterocycles. The maximum absolute atomic E-state index is 12.4. The summed E-state index contributed by atoms with van der Waals surface area (Å²) < 4.78 is 0. The zero-order chi connectivity index (χ0) is 18.4. The second-order valence-electron chi connectivity index (χ2n) is 6.00. The number of aryl methyl sites for hydroxylation is 1. The summed E-state index contributed by atoms with van der Waals surface area (Å²) in [5, 5.41) is 12.2. The number of nitrogens with one attached hydrogen (secondary N) is 1. The largest absolute Gasteiger partial charge is 0.373 e. The summed E-state index contributed by atoms with van der Waals surface area (Å²) in [6.07, 6.45) is 5.08. The Balaban J connectivity index is 1.62. The number of anilines is 2. The van der Waals surface area contributed by atoms with Gasteiger partial charge in [-0.25, -0.2) is 9.97 Å². The highest BCUT2D eigenvalue weighted by molar-refractivity contribution is 6.06. The minimum absolute atomic E-state index is 0.0951. The van der Waals surface area contributed by atoms with Crippen molar-refractivity contribution in [1.29, 1.82) is 5.26 Å². The van der Waals surface area contributed by atoms with Gasteiger partial charge < -0.3 is 15.1 Å². The van der Waals surface area contributed by atoms with E-state index >= 15 is 0 Å². The molecule has 1 amide bonds. The summed E-state index contributed by atoms with van der Waals surface area (Å²) in [6.45, 7) is 4.77. The van der Waals surface area contributed by atoms with Gasteiger partial charge in [-0.05, 0) is 24.6 Å². The van der Waals surface area contributed by atoms with Crippen LogP contribution in [0.15, 0.2) is 54.5 Å². The number of amides is 1. The van der Waals surface area contributed by atoms with Gasteiger partial charge in [-0.2, -0.15) is 5.26 Å². The molecule has 0 radical (unpaired) electrons. The van der Waals surface area contributed by atoms with Crippen LogP contribution in [0.1, 0.15) is 5.56 Å². The first-order chi connectivity index (χ1) is 12.7. The summed E-state index contributed by atoms with van der Waals surface area (Å²) in [4.78, 5) is 25.0. The molecular formula is C19H20N6O. The highest BCUT2D eigenvalue weighted by atomic mass is 16.1. The van der Waals surface area contributed by atoms with Crippen LogP contribution in [0.2, 0.25) is 0 Å². The van der Waals surface area contributed by atoms with Gasteiger partial charge in [0.1, 0.15) is 11.6 Å². The maximum Gasteiger partial charge on any atom is 0.267 e. The predicted molar refractivity (Wildman–Crippen MR) is 99.3 cm³/mol. The first-order valence-corrected chi connectivity index (χ1v) is 8.42. The van der Waals surface area contributed by atoms with Gasteiger partial charge in [0.15, 0.2) is 0 Å². The van der Waals surface area contributed by atoms with Crippen LogP contribution in [-0.4, -0.2) is 47.0 Å². The molecule has 2 aromatic rings. The number of rotatable bonds is 4. The first kappa shape index (κ1) is 17.4. The molecule has 1 fully saturated rings. The lowest BCUT2D eigenvalue weighted by molar-refractivity contribution is -0.112. The number of nitriles is 1. The molecule has 1 aromatic carbocycles. The Bertz CT molecular complexity index is 835. The number of carbonyl (C=O) groups is 1. The second-order valence-corrected chi connectivity index (χ2v) is 6.00. The minimum Gasteiger partial charge on any atom is -0.373 e. The van der Waals surface area contributed by atoms with Gasteiger partial charge in [0, 0.05) is 50.5 Å². The van der Waals surface area contributed by atoms with E-state index in [1.807, 2.05) is 42.2 Å². The fraction of sp³-hybridized carbons (Fsp3) is 0.263. The molecule has 1 saturated heterocycles. The zero-order valence-electron chi connectivity index (χ0n) is 14.6. The number of hydrogen-bond donors (Lipinski definition) is 1.